The maximum Gasteiger partial charge on any atom is 0.220 e. The lowest BCUT2D eigenvalue weighted by Gasteiger charge is -1.99. The molecule has 0 aliphatic heterocycles. The fourth-order valence-corrected chi connectivity index (χ4v) is 0.884. The van der Waals surface area contributed by atoms with E-state index >= 15 is 0 Å². The molecule has 0 aromatic heterocycles. The van der Waals surface area contributed by atoms with E-state index in [2.05, 4.69) is 17.2 Å². The van der Waals surface area contributed by atoms with Crippen molar-refractivity contribution in [3.05, 3.63) is 0 Å². The van der Waals surface area contributed by atoms with Crippen molar-refractivity contribution in [3.8, 4) is 11.8 Å². The van der Waals surface area contributed by atoms with E-state index in [1.807, 2.05) is 13.8 Å². The zero-order valence-corrected chi connectivity index (χ0v) is 8.97. The van der Waals surface area contributed by atoms with E-state index in [9.17, 15) is 4.79 Å². The summed E-state index contributed by atoms with van der Waals surface area (Å²) in [5.41, 5.74) is 0. The molecule has 0 aliphatic rings. The first-order valence-corrected chi connectivity index (χ1v) is 5.02. The minimum Gasteiger partial charge on any atom is -0.396 e. The van der Waals surface area contributed by atoms with Gasteiger partial charge in [0.15, 0.2) is 0 Å². The standard InChI is InChI=1S/C11H19NO2/c1-10(2)6-5-8-12-11(14)7-3-4-9-13/h10,13H,3-4,7-9H2,1-2H3,(H,12,14). The van der Waals surface area contributed by atoms with Gasteiger partial charge in [-0.2, -0.15) is 0 Å². The zero-order chi connectivity index (χ0) is 10.8. The molecular weight excluding hydrogens is 178 g/mol. The lowest BCUT2D eigenvalue weighted by molar-refractivity contribution is -0.120. The van der Waals surface area contributed by atoms with E-state index in [0.717, 1.165) is 6.42 Å². The second-order valence-electron chi connectivity index (χ2n) is 3.43. The van der Waals surface area contributed by atoms with Gasteiger partial charge < -0.3 is 10.4 Å². The van der Waals surface area contributed by atoms with Gasteiger partial charge in [-0.25, -0.2) is 0 Å². The van der Waals surface area contributed by atoms with Crippen molar-refractivity contribution in [2.24, 2.45) is 5.92 Å². The number of hydrogen-bond donors (Lipinski definition) is 2. The average Bonchev–Trinajstić information content (AvgIpc) is 2.13. The van der Waals surface area contributed by atoms with Gasteiger partial charge in [0, 0.05) is 18.9 Å². The zero-order valence-electron chi connectivity index (χ0n) is 8.97. The van der Waals surface area contributed by atoms with Crippen molar-refractivity contribution in [3.63, 3.8) is 0 Å². The van der Waals surface area contributed by atoms with Crippen molar-refractivity contribution in [2.45, 2.75) is 33.1 Å². The van der Waals surface area contributed by atoms with Gasteiger partial charge in [0.05, 0.1) is 6.54 Å². The summed E-state index contributed by atoms with van der Waals surface area (Å²) in [6, 6.07) is 0. The molecule has 0 saturated heterocycles. The van der Waals surface area contributed by atoms with Gasteiger partial charge in [-0.15, -0.1) is 0 Å². The summed E-state index contributed by atoms with van der Waals surface area (Å²) in [5.74, 6) is 6.20. The van der Waals surface area contributed by atoms with Crippen LogP contribution in [0.1, 0.15) is 33.1 Å². The number of rotatable bonds is 5. The summed E-state index contributed by atoms with van der Waals surface area (Å²) < 4.78 is 0. The monoisotopic (exact) mass is 197 g/mol. The van der Waals surface area contributed by atoms with Crippen LogP contribution in [0.2, 0.25) is 0 Å². The maximum atomic E-state index is 11.1. The Bertz CT molecular complexity index is 213. The molecule has 2 N–H and O–H groups in total. The number of amides is 1. The van der Waals surface area contributed by atoms with Gasteiger partial charge in [-0.05, 0) is 12.8 Å². The minimum atomic E-state index is 0.0107. The van der Waals surface area contributed by atoms with Gasteiger partial charge in [0.25, 0.3) is 0 Å². The van der Waals surface area contributed by atoms with E-state index in [4.69, 9.17) is 5.11 Å². The van der Waals surface area contributed by atoms with Crippen LogP contribution in [-0.4, -0.2) is 24.2 Å². The Morgan fingerprint density at radius 2 is 2.14 bits per heavy atom. The van der Waals surface area contributed by atoms with Crippen LogP contribution in [-0.2, 0) is 4.79 Å². The summed E-state index contributed by atoms with van der Waals surface area (Å²) in [6.07, 6.45) is 1.90. The van der Waals surface area contributed by atoms with Gasteiger partial charge in [0.1, 0.15) is 0 Å². The first-order valence-electron chi connectivity index (χ1n) is 5.02. The van der Waals surface area contributed by atoms with E-state index < -0.39 is 0 Å². The highest BCUT2D eigenvalue weighted by molar-refractivity contribution is 5.76. The van der Waals surface area contributed by atoms with E-state index in [1.165, 1.54) is 0 Å². The molecule has 0 bridgehead atoms. The molecule has 0 aliphatic carbocycles. The number of hydrogen-bond acceptors (Lipinski definition) is 2. The van der Waals surface area contributed by atoms with Crippen LogP contribution in [0.15, 0.2) is 0 Å². The lowest BCUT2D eigenvalue weighted by atomic mass is 10.2. The summed E-state index contributed by atoms with van der Waals surface area (Å²) in [7, 11) is 0. The van der Waals surface area contributed by atoms with Crippen LogP contribution < -0.4 is 5.32 Å². The Balaban J connectivity index is 3.41. The average molecular weight is 197 g/mol. The highest BCUT2D eigenvalue weighted by Gasteiger charge is 1.97. The second-order valence-corrected chi connectivity index (χ2v) is 3.43. The maximum absolute atomic E-state index is 11.1. The third-order valence-corrected chi connectivity index (χ3v) is 1.58. The van der Waals surface area contributed by atoms with Crippen molar-refractivity contribution in [1.82, 2.24) is 5.32 Å². The number of nitrogens with one attached hydrogen (secondary N) is 1. The largest absolute Gasteiger partial charge is 0.396 e. The predicted molar refractivity (Wildman–Crippen MR) is 56.6 cm³/mol. The molecule has 0 saturated carbocycles. The van der Waals surface area contributed by atoms with Crippen molar-refractivity contribution >= 4 is 5.91 Å². The predicted octanol–water partition coefficient (Wildman–Crippen LogP) is 0.925. The molecule has 0 radical (unpaired) electrons. The Kier molecular flexibility index (Phi) is 7.96. The number of carbonyl (C=O) groups excluding carboxylic acids is 1. The molecule has 3 heteroatoms. The molecule has 0 atom stereocenters. The third kappa shape index (κ3) is 9.08. The van der Waals surface area contributed by atoms with Gasteiger partial charge in [-0.3, -0.25) is 4.79 Å². The van der Waals surface area contributed by atoms with Crippen LogP contribution in [0, 0.1) is 17.8 Å². The molecule has 14 heavy (non-hydrogen) atoms. The summed E-state index contributed by atoms with van der Waals surface area (Å²) in [5, 5.41) is 11.2. The molecule has 0 fully saturated rings. The molecule has 1 amide bonds. The summed E-state index contributed by atoms with van der Waals surface area (Å²) in [4.78, 5) is 11.1. The Morgan fingerprint density at radius 3 is 2.71 bits per heavy atom. The van der Waals surface area contributed by atoms with Gasteiger partial charge in [0.2, 0.25) is 5.91 Å². The first-order chi connectivity index (χ1) is 6.66. The smallest absolute Gasteiger partial charge is 0.220 e. The van der Waals surface area contributed by atoms with Gasteiger partial charge >= 0.3 is 0 Å². The first kappa shape index (κ1) is 13.0. The fraction of sp³-hybridized carbons (Fsp3) is 0.727. The topological polar surface area (TPSA) is 49.3 Å². The summed E-state index contributed by atoms with van der Waals surface area (Å²) >= 11 is 0. The number of carbonyl (C=O) groups is 1. The second kappa shape index (κ2) is 8.58. The van der Waals surface area contributed by atoms with Gasteiger partial charge in [-0.1, -0.05) is 25.7 Å². The van der Waals surface area contributed by atoms with E-state index in [1.54, 1.807) is 0 Å². The normalized spacial score (nSPS) is 9.43. The molecule has 3 nitrogen and oxygen atoms in total. The van der Waals surface area contributed by atoms with Crippen LogP contribution in [0.5, 0.6) is 0 Å². The van der Waals surface area contributed by atoms with Crippen molar-refractivity contribution in [2.75, 3.05) is 13.2 Å². The van der Waals surface area contributed by atoms with Crippen molar-refractivity contribution in [1.29, 1.82) is 0 Å². The number of aliphatic hydroxyl groups excluding tert-OH is 1. The third-order valence-electron chi connectivity index (χ3n) is 1.58. The van der Waals surface area contributed by atoms with E-state index in [0.29, 0.717) is 25.3 Å². The molecule has 80 valence electrons. The number of aliphatic hydroxyl groups is 1. The molecule has 0 unspecified atom stereocenters. The van der Waals surface area contributed by atoms with Crippen LogP contribution in [0.25, 0.3) is 0 Å². The summed E-state index contributed by atoms with van der Waals surface area (Å²) in [6.45, 7) is 4.60. The SMILES string of the molecule is CC(C)C#CCNC(=O)CCCCO. The van der Waals surface area contributed by atoms with Crippen LogP contribution in [0.4, 0.5) is 0 Å². The quantitative estimate of drug-likeness (QED) is 0.508. The highest BCUT2D eigenvalue weighted by Crippen LogP contribution is 1.93. The molecule has 0 heterocycles. The molecule has 0 aromatic carbocycles. The molecule has 0 spiro atoms. The van der Waals surface area contributed by atoms with Crippen LogP contribution in [0.3, 0.4) is 0 Å². The molecule has 0 aromatic rings. The Hall–Kier alpha value is -1.01. The Morgan fingerprint density at radius 1 is 1.43 bits per heavy atom. The number of unbranched alkanes of at least 4 members (excludes halogenated alkanes) is 1. The van der Waals surface area contributed by atoms with Crippen molar-refractivity contribution < 1.29 is 9.90 Å². The van der Waals surface area contributed by atoms with E-state index in [-0.39, 0.29) is 12.5 Å². The fourth-order valence-electron chi connectivity index (χ4n) is 0.884. The Labute approximate surface area is 85.9 Å². The minimum absolute atomic E-state index is 0.0107. The van der Waals surface area contributed by atoms with Crippen LogP contribution >= 0.6 is 0 Å². The molecular formula is C11H19NO2. The lowest BCUT2D eigenvalue weighted by Crippen LogP contribution is -2.23. The highest BCUT2D eigenvalue weighted by atomic mass is 16.2. The molecule has 0 rings (SSSR count).